The Kier molecular flexibility index (Phi) is 3.65. The molecule has 19 heavy (non-hydrogen) atoms. The Bertz CT molecular complexity index is 550. The van der Waals surface area contributed by atoms with Gasteiger partial charge >= 0.3 is 0 Å². The highest BCUT2D eigenvalue weighted by molar-refractivity contribution is 5.86. The molecule has 2 atom stereocenters. The van der Waals surface area contributed by atoms with E-state index in [1.165, 1.54) is 19.3 Å². The topological polar surface area (TPSA) is 48.1 Å². The van der Waals surface area contributed by atoms with E-state index in [0.717, 1.165) is 29.5 Å². The van der Waals surface area contributed by atoms with Gasteiger partial charge in [0.1, 0.15) is 6.10 Å². The van der Waals surface area contributed by atoms with Crippen LogP contribution in [0.4, 0.5) is 0 Å². The van der Waals surface area contributed by atoms with Gasteiger partial charge in [-0.25, -0.2) is 4.98 Å². The summed E-state index contributed by atoms with van der Waals surface area (Å²) in [5, 5.41) is 2.23. The fourth-order valence-corrected chi connectivity index (χ4v) is 2.78. The number of benzene rings is 1. The van der Waals surface area contributed by atoms with E-state index < -0.39 is 0 Å². The zero-order chi connectivity index (χ0) is 13.1. The Morgan fingerprint density at radius 2 is 1.89 bits per heavy atom. The van der Waals surface area contributed by atoms with E-state index in [2.05, 4.69) is 17.1 Å². The molecule has 0 amide bonds. The maximum atomic E-state index is 6.22. The fourth-order valence-electron chi connectivity index (χ4n) is 2.78. The van der Waals surface area contributed by atoms with E-state index in [0.29, 0.717) is 0 Å². The minimum absolute atomic E-state index is 0.0980. The smallest absolute Gasteiger partial charge is 0.221 e. The summed E-state index contributed by atoms with van der Waals surface area (Å²) in [6.45, 7) is 0. The van der Waals surface area contributed by atoms with E-state index in [-0.39, 0.29) is 12.1 Å². The highest BCUT2D eigenvalue weighted by Crippen LogP contribution is 2.26. The zero-order valence-electron chi connectivity index (χ0n) is 11.1. The van der Waals surface area contributed by atoms with E-state index in [1.54, 1.807) is 6.20 Å². The Morgan fingerprint density at radius 1 is 1.05 bits per heavy atom. The van der Waals surface area contributed by atoms with Crippen LogP contribution in [0.25, 0.3) is 10.8 Å². The lowest BCUT2D eigenvalue weighted by atomic mass is 10.1. The van der Waals surface area contributed by atoms with Crippen molar-refractivity contribution in [2.75, 3.05) is 0 Å². The van der Waals surface area contributed by atoms with Gasteiger partial charge in [-0.15, -0.1) is 0 Å². The van der Waals surface area contributed by atoms with Crippen molar-refractivity contribution in [2.45, 2.75) is 44.2 Å². The fraction of sp³-hybridized carbons (Fsp3) is 0.438. The van der Waals surface area contributed by atoms with Gasteiger partial charge < -0.3 is 10.5 Å². The summed E-state index contributed by atoms with van der Waals surface area (Å²) in [7, 11) is 0. The molecule has 0 saturated heterocycles. The molecule has 1 aromatic carbocycles. The van der Waals surface area contributed by atoms with E-state index in [1.807, 2.05) is 18.2 Å². The second kappa shape index (κ2) is 5.57. The molecule has 1 aliphatic carbocycles. The van der Waals surface area contributed by atoms with Crippen molar-refractivity contribution in [2.24, 2.45) is 5.73 Å². The molecule has 2 unspecified atom stereocenters. The summed E-state index contributed by atoms with van der Waals surface area (Å²) in [5.41, 5.74) is 6.22. The quantitative estimate of drug-likeness (QED) is 0.839. The molecule has 3 rings (SSSR count). The molecule has 3 nitrogen and oxygen atoms in total. The van der Waals surface area contributed by atoms with Crippen molar-refractivity contribution in [1.82, 2.24) is 4.98 Å². The summed E-state index contributed by atoms with van der Waals surface area (Å²) >= 11 is 0. The third-order valence-corrected chi connectivity index (χ3v) is 3.90. The SMILES string of the molecule is NC1CCCCCC1Oc1nccc2ccccc12. The van der Waals surface area contributed by atoms with Crippen LogP contribution in [-0.2, 0) is 0 Å². The third-order valence-electron chi connectivity index (χ3n) is 3.90. The van der Waals surface area contributed by atoms with Gasteiger partial charge in [0.05, 0.1) is 0 Å². The number of pyridine rings is 1. The minimum Gasteiger partial charge on any atom is -0.472 e. The summed E-state index contributed by atoms with van der Waals surface area (Å²) in [4.78, 5) is 4.39. The van der Waals surface area contributed by atoms with Crippen molar-refractivity contribution in [3.63, 3.8) is 0 Å². The number of aromatic nitrogens is 1. The minimum atomic E-state index is 0.0980. The summed E-state index contributed by atoms with van der Waals surface area (Å²) in [6.07, 6.45) is 7.66. The van der Waals surface area contributed by atoms with E-state index in [4.69, 9.17) is 10.5 Å². The molecule has 2 N–H and O–H groups in total. The number of nitrogens with two attached hydrogens (primary N) is 1. The Balaban J connectivity index is 1.88. The predicted octanol–water partition coefficient (Wildman–Crippen LogP) is 3.27. The lowest BCUT2D eigenvalue weighted by Gasteiger charge is -2.22. The summed E-state index contributed by atoms with van der Waals surface area (Å²) < 4.78 is 6.12. The van der Waals surface area contributed by atoms with Gasteiger partial charge in [-0.3, -0.25) is 0 Å². The van der Waals surface area contributed by atoms with Crippen molar-refractivity contribution in [3.8, 4) is 5.88 Å². The van der Waals surface area contributed by atoms with Crippen LogP contribution in [0.5, 0.6) is 5.88 Å². The lowest BCUT2D eigenvalue weighted by molar-refractivity contribution is 0.158. The standard InChI is InChI=1S/C16H20N2O/c17-14-8-2-1-3-9-15(14)19-16-13-7-5-4-6-12(13)10-11-18-16/h4-7,10-11,14-15H,1-3,8-9,17H2. The van der Waals surface area contributed by atoms with Gasteiger partial charge in [0, 0.05) is 17.6 Å². The molecule has 100 valence electrons. The first kappa shape index (κ1) is 12.4. The molecular weight excluding hydrogens is 236 g/mol. The van der Waals surface area contributed by atoms with E-state index in [9.17, 15) is 0 Å². The maximum absolute atomic E-state index is 6.22. The number of ether oxygens (including phenoxy) is 1. The van der Waals surface area contributed by atoms with E-state index >= 15 is 0 Å². The highest BCUT2D eigenvalue weighted by Gasteiger charge is 2.22. The van der Waals surface area contributed by atoms with Crippen molar-refractivity contribution in [3.05, 3.63) is 36.5 Å². The first-order valence-electron chi connectivity index (χ1n) is 7.10. The highest BCUT2D eigenvalue weighted by atomic mass is 16.5. The predicted molar refractivity (Wildman–Crippen MR) is 77.2 cm³/mol. The van der Waals surface area contributed by atoms with Gasteiger partial charge in [-0.05, 0) is 36.8 Å². The molecule has 0 radical (unpaired) electrons. The van der Waals surface area contributed by atoms with Crippen LogP contribution in [0.3, 0.4) is 0 Å². The van der Waals surface area contributed by atoms with Crippen LogP contribution in [0.1, 0.15) is 32.1 Å². The molecule has 1 fully saturated rings. The second-order valence-corrected chi connectivity index (χ2v) is 5.30. The number of fused-ring (bicyclic) bond motifs is 1. The van der Waals surface area contributed by atoms with Gasteiger partial charge in [0.25, 0.3) is 0 Å². The Morgan fingerprint density at radius 3 is 2.84 bits per heavy atom. The average Bonchev–Trinajstić information content (AvgIpc) is 2.65. The Hall–Kier alpha value is -1.61. The molecule has 0 spiro atoms. The third kappa shape index (κ3) is 2.71. The molecule has 2 aromatic rings. The number of nitrogens with zero attached hydrogens (tertiary/aromatic N) is 1. The van der Waals surface area contributed by atoms with Crippen molar-refractivity contribution < 1.29 is 4.74 Å². The van der Waals surface area contributed by atoms with Crippen LogP contribution in [-0.4, -0.2) is 17.1 Å². The first-order valence-corrected chi connectivity index (χ1v) is 7.10. The molecule has 1 aliphatic rings. The molecule has 1 aromatic heterocycles. The molecule has 1 saturated carbocycles. The van der Waals surface area contributed by atoms with Crippen LogP contribution in [0, 0.1) is 0 Å². The van der Waals surface area contributed by atoms with Crippen molar-refractivity contribution in [1.29, 1.82) is 0 Å². The molecule has 3 heteroatoms. The molecular formula is C16H20N2O. The summed E-state index contributed by atoms with van der Waals surface area (Å²) in [5.74, 6) is 0.723. The number of rotatable bonds is 2. The maximum Gasteiger partial charge on any atom is 0.221 e. The lowest BCUT2D eigenvalue weighted by Crippen LogP contribution is -2.38. The van der Waals surface area contributed by atoms with Crippen LogP contribution in [0.2, 0.25) is 0 Å². The van der Waals surface area contributed by atoms with Crippen molar-refractivity contribution >= 4 is 10.8 Å². The molecule has 0 aliphatic heterocycles. The molecule has 0 bridgehead atoms. The monoisotopic (exact) mass is 256 g/mol. The zero-order valence-corrected chi connectivity index (χ0v) is 11.1. The Labute approximate surface area is 113 Å². The summed E-state index contributed by atoms with van der Waals surface area (Å²) in [6, 6.07) is 10.3. The van der Waals surface area contributed by atoms with Crippen LogP contribution < -0.4 is 10.5 Å². The largest absolute Gasteiger partial charge is 0.472 e. The van der Waals surface area contributed by atoms with Gasteiger partial charge in [-0.2, -0.15) is 0 Å². The molecule has 1 heterocycles. The average molecular weight is 256 g/mol. The second-order valence-electron chi connectivity index (χ2n) is 5.30. The normalized spacial score (nSPS) is 24.1. The van der Waals surface area contributed by atoms with Gasteiger partial charge in [0.2, 0.25) is 5.88 Å². The van der Waals surface area contributed by atoms with Crippen LogP contribution >= 0.6 is 0 Å². The first-order chi connectivity index (χ1) is 9.34. The van der Waals surface area contributed by atoms with Gasteiger partial charge in [0.15, 0.2) is 0 Å². The number of hydrogen-bond donors (Lipinski definition) is 1. The van der Waals surface area contributed by atoms with Crippen LogP contribution in [0.15, 0.2) is 36.5 Å². The number of hydrogen-bond acceptors (Lipinski definition) is 3. The van der Waals surface area contributed by atoms with Gasteiger partial charge in [-0.1, -0.05) is 31.0 Å².